The molecule has 1 aromatic carbocycles. The first-order valence-electron chi connectivity index (χ1n) is 6.04. The number of amides is 2. The van der Waals surface area contributed by atoms with Crippen molar-refractivity contribution in [3.63, 3.8) is 0 Å². The minimum Gasteiger partial charge on any atom is -0.388 e. The monoisotopic (exact) mass is 247 g/mol. The van der Waals surface area contributed by atoms with Crippen LogP contribution < -0.4 is 16.0 Å². The van der Waals surface area contributed by atoms with Gasteiger partial charge in [-0.15, -0.1) is 0 Å². The van der Waals surface area contributed by atoms with Crippen molar-refractivity contribution in [3.05, 3.63) is 29.8 Å². The number of carbonyl (C=O) groups is 2. The molecular formula is C13H17N3O2. The summed E-state index contributed by atoms with van der Waals surface area (Å²) in [7, 11) is 1.82. The molecule has 0 atom stereocenters. The number of hydrogen-bond acceptors (Lipinski definition) is 3. The molecule has 2 rings (SSSR count). The quantitative estimate of drug-likeness (QED) is 0.718. The molecule has 5 heteroatoms. The smallest absolute Gasteiger partial charge is 0.251 e. The summed E-state index contributed by atoms with van der Waals surface area (Å²) in [5, 5.41) is 8.39. The second-order valence-electron chi connectivity index (χ2n) is 4.35. The van der Waals surface area contributed by atoms with Crippen LogP contribution in [-0.4, -0.2) is 31.4 Å². The van der Waals surface area contributed by atoms with E-state index in [1.165, 1.54) is 0 Å². The van der Waals surface area contributed by atoms with Crippen molar-refractivity contribution < 1.29 is 9.59 Å². The van der Waals surface area contributed by atoms with Crippen LogP contribution in [-0.2, 0) is 4.79 Å². The highest BCUT2D eigenvalue weighted by Gasteiger charge is 2.23. The van der Waals surface area contributed by atoms with E-state index in [4.69, 9.17) is 0 Å². The van der Waals surface area contributed by atoms with Crippen LogP contribution in [0.25, 0.3) is 0 Å². The van der Waals surface area contributed by atoms with E-state index in [9.17, 15) is 9.59 Å². The second-order valence-corrected chi connectivity index (χ2v) is 4.35. The van der Waals surface area contributed by atoms with Crippen molar-refractivity contribution in [2.24, 2.45) is 0 Å². The Morgan fingerprint density at radius 2 is 1.89 bits per heavy atom. The Bertz CT molecular complexity index is 438. The molecule has 0 radical (unpaired) electrons. The molecule has 1 aliphatic carbocycles. The fourth-order valence-corrected chi connectivity index (χ4v) is 1.56. The highest BCUT2D eigenvalue weighted by molar-refractivity contribution is 5.96. The number of nitrogens with one attached hydrogen (secondary N) is 3. The number of rotatable bonds is 5. The van der Waals surface area contributed by atoms with E-state index in [1.807, 2.05) is 19.2 Å². The van der Waals surface area contributed by atoms with Gasteiger partial charge in [-0.3, -0.25) is 9.59 Å². The Morgan fingerprint density at radius 1 is 1.22 bits per heavy atom. The van der Waals surface area contributed by atoms with Gasteiger partial charge in [0.25, 0.3) is 5.91 Å². The van der Waals surface area contributed by atoms with Gasteiger partial charge in [0.15, 0.2) is 0 Å². The minimum absolute atomic E-state index is 0.0309. The first kappa shape index (κ1) is 12.4. The molecule has 0 spiro atoms. The van der Waals surface area contributed by atoms with Gasteiger partial charge in [-0.2, -0.15) is 0 Å². The predicted molar refractivity (Wildman–Crippen MR) is 69.5 cm³/mol. The largest absolute Gasteiger partial charge is 0.388 e. The molecule has 1 aromatic rings. The number of carbonyl (C=O) groups excluding carboxylic acids is 2. The first-order valence-corrected chi connectivity index (χ1v) is 6.04. The zero-order valence-electron chi connectivity index (χ0n) is 10.3. The van der Waals surface area contributed by atoms with Crippen LogP contribution in [0.15, 0.2) is 24.3 Å². The number of anilines is 1. The average Bonchev–Trinajstić information content (AvgIpc) is 3.20. The first-order chi connectivity index (χ1) is 8.69. The molecule has 0 unspecified atom stereocenters. The summed E-state index contributed by atoms with van der Waals surface area (Å²) in [4.78, 5) is 23.1. The predicted octanol–water partition coefficient (Wildman–Crippen LogP) is 0.737. The fourth-order valence-electron chi connectivity index (χ4n) is 1.56. The molecule has 0 saturated heterocycles. The van der Waals surface area contributed by atoms with E-state index in [2.05, 4.69) is 16.0 Å². The highest BCUT2D eigenvalue weighted by atomic mass is 16.2. The summed E-state index contributed by atoms with van der Waals surface area (Å²) >= 11 is 0. The Balaban J connectivity index is 1.80. The van der Waals surface area contributed by atoms with Crippen molar-refractivity contribution >= 4 is 17.5 Å². The molecule has 0 bridgehead atoms. The lowest BCUT2D eigenvalue weighted by Gasteiger charge is -2.06. The molecule has 1 saturated carbocycles. The lowest BCUT2D eigenvalue weighted by Crippen LogP contribution is -2.37. The Labute approximate surface area is 106 Å². The Morgan fingerprint density at radius 3 is 2.44 bits per heavy atom. The molecule has 18 heavy (non-hydrogen) atoms. The van der Waals surface area contributed by atoms with E-state index < -0.39 is 0 Å². The maximum Gasteiger partial charge on any atom is 0.251 e. The van der Waals surface area contributed by atoms with Gasteiger partial charge in [-0.1, -0.05) is 0 Å². The van der Waals surface area contributed by atoms with Gasteiger partial charge >= 0.3 is 0 Å². The Hall–Kier alpha value is -2.04. The third-order valence-electron chi connectivity index (χ3n) is 2.79. The third-order valence-corrected chi connectivity index (χ3v) is 2.79. The molecule has 2 amide bonds. The third kappa shape index (κ3) is 3.48. The van der Waals surface area contributed by atoms with Crippen molar-refractivity contribution in [3.8, 4) is 0 Å². The van der Waals surface area contributed by atoms with Crippen LogP contribution in [0, 0.1) is 0 Å². The van der Waals surface area contributed by atoms with Gasteiger partial charge in [0.2, 0.25) is 5.91 Å². The maximum absolute atomic E-state index is 11.7. The molecule has 3 N–H and O–H groups in total. The van der Waals surface area contributed by atoms with Crippen LogP contribution in [0.3, 0.4) is 0 Å². The topological polar surface area (TPSA) is 70.2 Å². The summed E-state index contributed by atoms with van der Waals surface area (Å²) in [5.74, 6) is -0.360. The van der Waals surface area contributed by atoms with Crippen LogP contribution >= 0.6 is 0 Å². The zero-order chi connectivity index (χ0) is 13.0. The van der Waals surface area contributed by atoms with Gasteiger partial charge in [0, 0.05) is 24.3 Å². The van der Waals surface area contributed by atoms with E-state index in [0.717, 1.165) is 18.5 Å². The number of hydrogen-bond donors (Lipinski definition) is 3. The number of benzene rings is 1. The van der Waals surface area contributed by atoms with E-state index in [-0.39, 0.29) is 18.4 Å². The van der Waals surface area contributed by atoms with Crippen LogP contribution in [0.1, 0.15) is 23.2 Å². The lowest BCUT2D eigenvalue weighted by molar-refractivity contribution is -0.120. The standard InChI is InChI=1S/C13H17N3O2/c1-14-10-4-2-9(3-5-10)13(18)15-8-12(17)16-11-6-7-11/h2-5,11,14H,6-8H2,1H3,(H,15,18)(H,16,17). The highest BCUT2D eigenvalue weighted by Crippen LogP contribution is 2.18. The SMILES string of the molecule is CNc1ccc(C(=O)NCC(=O)NC2CC2)cc1. The molecule has 0 heterocycles. The summed E-state index contributed by atoms with van der Waals surface area (Å²) < 4.78 is 0. The van der Waals surface area contributed by atoms with E-state index in [0.29, 0.717) is 11.6 Å². The zero-order valence-corrected chi connectivity index (χ0v) is 10.3. The summed E-state index contributed by atoms with van der Waals surface area (Å²) in [6.45, 7) is 0.0309. The van der Waals surface area contributed by atoms with E-state index in [1.54, 1.807) is 12.1 Å². The molecule has 1 aliphatic rings. The minimum atomic E-state index is -0.233. The molecular weight excluding hydrogens is 230 g/mol. The second kappa shape index (κ2) is 5.53. The van der Waals surface area contributed by atoms with Gasteiger partial charge in [0.05, 0.1) is 6.54 Å². The van der Waals surface area contributed by atoms with Crippen molar-refractivity contribution in [2.75, 3.05) is 18.9 Å². The van der Waals surface area contributed by atoms with Crippen molar-refractivity contribution in [1.29, 1.82) is 0 Å². The Kier molecular flexibility index (Phi) is 3.82. The maximum atomic E-state index is 11.7. The summed E-state index contributed by atoms with van der Waals surface area (Å²) in [5.41, 5.74) is 1.49. The molecule has 0 aromatic heterocycles. The van der Waals surface area contributed by atoms with Crippen LogP contribution in [0.2, 0.25) is 0 Å². The van der Waals surface area contributed by atoms with Crippen LogP contribution in [0.5, 0.6) is 0 Å². The van der Waals surface area contributed by atoms with Gasteiger partial charge < -0.3 is 16.0 Å². The van der Waals surface area contributed by atoms with Crippen LogP contribution in [0.4, 0.5) is 5.69 Å². The van der Waals surface area contributed by atoms with Crippen molar-refractivity contribution in [1.82, 2.24) is 10.6 Å². The molecule has 5 nitrogen and oxygen atoms in total. The van der Waals surface area contributed by atoms with Gasteiger partial charge in [-0.25, -0.2) is 0 Å². The van der Waals surface area contributed by atoms with E-state index >= 15 is 0 Å². The molecule has 1 fully saturated rings. The fraction of sp³-hybridized carbons (Fsp3) is 0.385. The summed E-state index contributed by atoms with van der Waals surface area (Å²) in [6, 6.07) is 7.41. The molecule has 96 valence electrons. The lowest BCUT2D eigenvalue weighted by atomic mass is 10.2. The average molecular weight is 247 g/mol. The van der Waals surface area contributed by atoms with Gasteiger partial charge in [0.1, 0.15) is 0 Å². The summed E-state index contributed by atoms with van der Waals surface area (Å²) in [6.07, 6.45) is 2.09. The van der Waals surface area contributed by atoms with Gasteiger partial charge in [-0.05, 0) is 37.1 Å². The van der Waals surface area contributed by atoms with Crippen molar-refractivity contribution in [2.45, 2.75) is 18.9 Å². The normalized spacial score (nSPS) is 13.8. The molecule has 0 aliphatic heterocycles.